The lowest BCUT2D eigenvalue weighted by molar-refractivity contribution is -0.139. The highest BCUT2D eigenvalue weighted by atomic mass is 19.4. The van der Waals surface area contributed by atoms with Crippen LogP contribution in [0.4, 0.5) is 19.0 Å². The molecule has 0 unspecified atom stereocenters. The minimum Gasteiger partial charge on any atom is -0.468 e. The number of carbonyl (C=O) groups excluding carboxylic acids is 1. The summed E-state index contributed by atoms with van der Waals surface area (Å²) in [5.41, 5.74) is -0.788. The van der Waals surface area contributed by atoms with Crippen molar-refractivity contribution >= 4 is 11.8 Å². The number of methoxy groups -OCH3 is 1. The van der Waals surface area contributed by atoms with Crippen molar-refractivity contribution in [3.8, 4) is 0 Å². The normalized spacial score (nSPS) is 11.2. The van der Waals surface area contributed by atoms with E-state index in [9.17, 15) is 18.0 Å². The zero-order valence-electron chi connectivity index (χ0n) is 10.7. The van der Waals surface area contributed by atoms with Crippen LogP contribution in [0, 0.1) is 0 Å². The molecule has 1 rings (SSSR count). The van der Waals surface area contributed by atoms with Gasteiger partial charge in [0, 0.05) is 12.7 Å². The molecule has 0 aromatic carbocycles. The van der Waals surface area contributed by atoms with Crippen LogP contribution in [-0.2, 0) is 15.7 Å². The lowest BCUT2D eigenvalue weighted by Gasteiger charge is -2.22. The van der Waals surface area contributed by atoms with Crippen molar-refractivity contribution in [2.75, 3.05) is 25.1 Å². The molecular formula is C12H15F3N2O2. The number of esters is 1. The van der Waals surface area contributed by atoms with Crippen LogP contribution in [0.1, 0.15) is 18.9 Å². The molecule has 0 atom stereocenters. The summed E-state index contributed by atoms with van der Waals surface area (Å²) in [5, 5.41) is 0. The Bertz CT molecular complexity index is 435. The van der Waals surface area contributed by atoms with Gasteiger partial charge < -0.3 is 9.64 Å². The zero-order valence-corrected chi connectivity index (χ0v) is 10.7. The van der Waals surface area contributed by atoms with Gasteiger partial charge in [-0.3, -0.25) is 4.79 Å². The van der Waals surface area contributed by atoms with E-state index in [-0.39, 0.29) is 12.4 Å². The second-order valence-electron chi connectivity index (χ2n) is 3.90. The minimum absolute atomic E-state index is 0.113. The Morgan fingerprint density at radius 2 is 2.16 bits per heavy atom. The average molecular weight is 276 g/mol. The van der Waals surface area contributed by atoms with Gasteiger partial charge in [0.05, 0.1) is 12.7 Å². The molecule has 0 amide bonds. The Kier molecular flexibility index (Phi) is 5.14. The van der Waals surface area contributed by atoms with Gasteiger partial charge in [0.15, 0.2) is 0 Å². The van der Waals surface area contributed by atoms with Gasteiger partial charge in [-0.05, 0) is 18.6 Å². The second-order valence-corrected chi connectivity index (χ2v) is 3.90. The van der Waals surface area contributed by atoms with Crippen molar-refractivity contribution in [2.45, 2.75) is 19.5 Å². The predicted octanol–water partition coefficient (Wildman–Crippen LogP) is 2.49. The van der Waals surface area contributed by atoms with E-state index in [1.807, 2.05) is 6.92 Å². The fraction of sp³-hybridized carbons (Fsp3) is 0.500. The highest BCUT2D eigenvalue weighted by Crippen LogP contribution is 2.30. The number of carbonyl (C=O) groups is 1. The molecule has 106 valence electrons. The van der Waals surface area contributed by atoms with Crippen LogP contribution in [0.15, 0.2) is 18.3 Å². The molecule has 0 aliphatic heterocycles. The molecular weight excluding hydrogens is 261 g/mol. The Labute approximate surface area is 109 Å². The van der Waals surface area contributed by atoms with Crippen LogP contribution in [-0.4, -0.2) is 31.2 Å². The maximum absolute atomic E-state index is 12.6. The fourth-order valence-corrected chi connectivity index (χ4v) is 1.53. The molecule has 1 aromatic rings. The Morgan fingerprint density at radius 3 is 2.68 bits per heavy atom. The van der Waals surface area contributed by atoms with Crippen molar-refractivity contribution in [1.29, 1.82) is 0 Å². The molecule has 19 heavy (non-hydrogen) atoms. The molecule has 0 radical (unpaired) electrons. The molecule has 1 aromatic heterocycles. The van der Waals surface area contributed by atoms with Crippen LogP contribution in [0.3, 0.4) is 0 Å². The monoisotopic (exact) mass is 276 g/mol. The fourth-order valence-electron chi connectivity index (χ4n) is 1.53. The summed E-state index contributed by atoms with van der Waals surface area (Å²) in [7, 11) is 1.23. The molecule has 0 fully saturated rings. The Morgan fingerprint density at radius 1 is 1.47 bits per heavy atom. The average Bonchev–Trinajstić information content (AvgIpc) is 2.37. The molecule has 1 heterocycles. The lowest BCUT2D eigenvalue weighted by atomic mass is 10.2. The van der Waals surface area contributed by atoms with Crippen LogP contribution in [0.2, 0.25) is 0 Å². The van der Waals surface area contributed by atoms with E-state index in [1.165, 1.54) is 12.0 Å². The van der Waals surface area contributed by atoms with Crippen molar-refractivity contribution in [1.82, 2.24) is 4.98 Å². The molecule has 0 aliphatic rings. The molecule has 0 saturated heterocycles. The number of hydrogen-bond acceptors (Lipinski definition) is 4. The lowest BCUT2D eigenvalue weighted by Crippen LogP contribution is -2.32. The van der Waals surface area contributed by atoms with E-state index in [4.69, 9.17) is 0 Å². The number of anilines is 1. The predicted molar refractivity (Wildman–Crippen MR) is 63.8 cm³/mol. The molecule has 0 spiro atoms. The number of rotatable bonds is 5. The number of alkyl halides is 3. The smallest absolute Gasteiger partial charge is 0.416 e. The van der Waals surface area contributed by atoms with E-state index >= 15 is 0 Å². The highest BCUT2D eigenvalue weighted by Gasteiger charge is 2.31. The molecule has 0 aliphatic carbocycles. The van der Waals surface area contributed by atoms with Gasteiger partial charge in [0.1, 0.15) is 12.4 Å². The molecule has 4 nitrogen and oxygen atoms in total. The summed E-state index contributed by atoms with van der Waals surface area (Å²) in [6, 6.07) is 1.82. The second kappa shape index (κ2) is 6.40. The number of aromatic nitrogens is 1. The van der Waals surface area contributed by atoms with Crippen LogP contribution in [0.5, 0.6) is 0 Å². The van der Waals surface area contributed by atoms with E-state index in [0.717, 1.165) is 18.3 Å². The number of nitrogens with zero attached hydrogens (tertiary/aromatic N) is 2. The SMILES string of the molecule is CCCN(CC(=O)OC)c1cc(C(F)(F)F)ccn1. The van der Waals surface area contributed by atoms with Gasteiger partial charge in [-0.1, -0.05) is 6.92 Å². The van der Waals surface area contributed by atoms with Crippen LogP contribution in [0.25, 0.3) is 0 Å². The molecule has 0 N–H and O–H groups in total. The van der Waals surface area contributed by atoms with Gasteiger partial charge in [0.2, 0.25) is 0 Å². The first-order chi connectivity index (χ1) is 8.88. The Balaban J connectivity index is 2.99. The summed E-state index contributed by atoms with van der Waals surface area (Å²) >= 11 is 0. The van der Waals surface area contributed by atoms with Gasteiger partial charge in [-0.15, -0.1) is 0 Å². The van der Waals surface area contributed by atoms with Crippen LogP contribution < -0.4 is 4.90 Å². The summed E-state index contributed by atoms with van der Waals surface area (Å²) in [6.07, 6.45) is -2.67. The first-order valence-corrected chi connectivity index (χ1v) is 5.73. The summed E-state index contributed by atoms with van der Waals surface area (Å²) in [5.74, 6) is -0.408. The zero-order chi connectivity index (χ0) is 14.5. The van der Waals surface area contributed by atoms with Crippen molar-refractivity contribution in [3.05, 3.63) is 23.9 Å². The van der Waals surface area contributed by atoms with Gasteiger partial charge in [-0.25, -0.2) is 4.98 Å². The summed E-state index contributed by atoms with van der Waals surface area (Å²) in [4.78, 5) is 16.6. The van der Waals surface area contributed by atoms with E-state index in [2.05, 4.69) is 9.72 Å². The Hall–Kier alpha value is -1.79. The molecule has 0 saturated carbocycles. The number of hydrogen-bond donors (Lipinski definition) is 0. The third-order valence-electron chi connectivity index (χ3n) is 2.44. The maximum Gasteiger partial charge on any atom is 0.416 e. The van der Waals surface area contributed by atoms with Crippen molar-refractivity contribution in [3.63, 3.8) is 0 Å². The van der Waals surface area contributed by atoms with Crippen molar-refractivity contribution < 1.29 is 22.7 Å². The van der Waals surface area contributed by atoms with Gasteiger partial charge >= 0.3 is 12.1 Å². The summed E-state index contributed by atoms with van der Waals surface area (Å²) < 4.78 is 42.3. The standard InChI is InChI=1S/C12H15F3N2O2/c1-3-6-17(8-11(18)19-2)10-7-9(4-5-16-10)12(13,14)15/h4-5,7H,3,6,8H2,1-2H3. The minimum atomic E-state index is -4.43. The summed E-state index contributed by atoms with van der Waals surface area (Å²) in [6.45, 7) is 2.15. The van der Waals surface area contributed by atoms with Crippen LogP contribution >= 0.6 is 0 Å². The first kappa shape index (κ1) is 15.3. The largest absolute Gasteiger partial charge is 0.468 e. The van der Waals surface area contributed by atoms with E-state index in [1.54, 1.807) is 0 Å². The quantitative estimate of drug-likeness (QED) is 0.775. The van der Waals surface area contributed by atoms with E-state index in [0.29, 0.717) is 13.0 Å². The number of ether oxygens (including phenoxy) is 1. The van der Waals surface area contributed by atoms with Gasteiger partial charge in [0.25, 0.3) is 0 Å². The molecule has 7 heteroatoms. The van der Waals surface area contributed by atoms with E-state index < -0.39 is 17.7 Å². The van der Waals surface area contributed by atoms with Crippen molar-refractivity contribution in [2.24, 2.45) is 0 Å². The first-order valence-electron chi connectivity index (χ1n) is 5.73. The molecule has 0 bridgehead atoms. The number of pyridine rings is 1. The third-order valence-corrected chi connectivity index (χ3v) is 2.44. The highest BCUT2D eigenvalue weighted by molar-refractivity contribution is 5.75. The third kappa shape index (κ3) is 4.42. The topological polar surface area (TPSA) is 42.4 Å². The van der Waals surface area contributed by atoms with Gasteiger partial charge in [-0.2, -0.15) is 13.2 Å². The maximum atomic E-state index is 12.6. The number of halogens is 3.